The summed E-state index contributed by atoms with van der Waals surface area (Å²) < 4.78 is 17.6. The molecule has 5 heteroatoms. The van der Waals surface area contributed by atoms with Crippen molar-refractivity contribution in [3.63, 3.8) is 0 Å². The van der Waals surface area contributed by atoms with E-state index in [1.807, 2.05) is 0 Å². The van der Waals surface area contributed by atoms with Gasteiger partial charge in [0.25, 0.3) is 0 Å². The SMILES string of the molecule is CCCCCCCC/C=C\CCCCCCCCCCCCOCC(COC(=O)CCCCCCCCCCC/C=C\CCCCCCCC)OC(=O)CCCCCCCCCCCCCCCCCCCCC. The quantitative estimate of drug-likeness (QED) is 0.0345. The molecular formula is C69H132O5. The molecule has 74 heavy (non-hydrogen) atoms. The van der Waals surface area contributed by atoms with Gasteiger partial charge in [0.2, 0.25) is 0 Å². The standard InChI is InChI=1S/C69H132O5/c1-4-7-10-13-16-19-22-25-28-31-34-37-40-43-46-49-52-55-58-61-64-72-65-67(74-69(71)63-60-57-54-51-48-45-42-39-36-33-30-27-24-21-18-15-12-9-6-3)66-73-68(70)62-59-56-53-50-47-44-41-38-35-32-29-26-23-20-17-14-11-8-5-2/h25-26,28-29,67H,4-24,27,30-66H2,1-3H3/b28-25-,29-26-. The third-order valence-electron chi connectivity index (χ3n) is 15.5. The molecule has 0 aliphatic carbocycles. The maximum absolute atomic E-state index is 12.9. The summed E-state index contributed by atoms with van der Waals surface area (Å²) in [4.78, 5) is 25.7. The van der Waals surface area contributed by atoms with Crippen LogP contribution in [0.25, 0.3) is 0 Å². The van der Waals surface area contributed by atoms with Gasteiger partial charge < -0.3 is 14.2 Å². The highest BCUT2D eigenvalue weighted by Crippen LogP contribution is 2.18. The summed E-state index contributed by atoms with van der Waals surface area (Å²) in [5.74, 6) is -0.370. The van der Waals surface area contributed by atoms with E-state index in [0.29, 0.717) is 26.1 Å². The van der Waals surface area contributed by atoms with Gasteiger partial charge in [-0.1, -0.05) is 321 Å². The lowest BCUT2D eigenvalue weighted by Crippen LogP contribution is -2.30. The van der Waals surface area contributed by atoms with Crippen molar-refractivity contribution in [2.24, 2.45) is 0 Å². The molecular weight excluding hydrogens is 909 g/mol. The largest absolute Gasteiger partial charge is 0.462 e. The molecule has 1 atom stereocenters. The van der Waals surface area contributed by atoms with Crippen LogP contribution in [-0.2, 0) is 23.8 Å². The highest BCUT2D eigenvalue weighted by molar-refractivity contribution is 5.70. The zero-order valence-electron chi connectivity index (χ0n) is 50.6. The zero-order chi connectivity index (χ0) is 53.4. The summed E-state index contributed by atoms with van der Waals surface area (Å²) in [7, 11) is 0. The van der Waals surface area contributed by atoms with Crippen LogP contribution < -0.4 is 0 Å². The predicted octanol–water partition coefficient (Wildman–Crippen LogP) is 23.5. The van der Waals surface area contributed by atoms with Gasteiger partial charge in [0.1, 0.15) is 6.61 Å². The van der Waals surface area contributed by atoms with Crippen molar-refractivity contribution in [1.29, 1.82) is 0 Å². The molecule has 0 aliphatic heterocycles. The van der Waals surface area contributed by atoms with Crippen LogP contribution in [0, 0.1) is 0 Å². The summed E-state index contributed by atoms with van der Waals surface area (Å²) in [6.07, 6.45) is 80.8. The van der Waals surface area contributed by atoms with Gasteiger partial charge in [-0.25, -0.2) is 0 Å². The highest BCUT2D eigenvalue weighted by atomic mass is 16.6. The second-order valence-corrected chi connectivity index (χ2v) is 23.1. The average Bonchev–Trinajstić information content (AvgIpc) is 3.40. The van der Waals surface area contributed by atoms with Gasteiger partial charge in [-0.15, -0.1) is 0 Å². The molecule has 0 N–H and O–H groups in total. The first-order valence-electron chi connectivity index (χ1n) is 33.9. The molecule has 1 unspecified atom stereocenters. The van der Waals surface area contributed by atoms with Crippen LogP contribution in [0.1, 0.15) is 380 Å². The van der Waals surface area contributed by atoms with E-state index in [0.717, 1.165) is 32.1 Å². The van der Waals surface area contributed by atoms with E-state index in [9.17, 15) is 9.59 Å². The average molecular weight is 1040 g/mol. The number of unbranched alkanes of at least 4 members (excludes halogenated alkanes) is 49. The monoisotopic (exact) mass is 1040 g/mol. The minimum Gasteiger partial charge on any atom is -0.462 e. The lowest BCUT2D eigenvalue weighted by Gasteiger charge is -2.18. The van der Waals surface area contributed by atoms with Gasteiger partial charge in [0, 0.05) is 19.4 Å². The van der Waals surface area contributed by atoms with Gasteiger partial charge in [-0.3, -0.25) is 9.59 Å². The maximum atomic E-state index is 12.9. The minimum atomic E-state index is -0.533. The van der Waals surface area contributed by atoms with Crippen LogP contribution in [-0.4, -0.2) is 37.9 Å². The number of esters is 2. The van der Waals surface area contributed by atoms with Gasteiger partial charge in [0.05, 0.1) is 6.61 Å². The third-order valence-corrected chi connectivity index (χ3v) is 15.5. The van der Waals surface area contributed by atoms with Crippen LogP contribution in [0.2, 0.25) is 0 Å². The molecule has 0 spiro atoms. The van der Waals surface area contributed by atoms with Gasteiger partial charge in [-0.05, 0) is 70.6 Å². The summed E-state index contributed by atoms with van der Waals surface area (Å²) in [6, 6.07) is 0. The fraction of sp³-hybridized carbons (Fsp3) is 0.913. The van der Waals surface area contributed by atoms with Crippen molar-refractivity contribution in [2.75, 3.05) is 19.8 Å². The Morgan fingerprint density at radius 1 is 0.284 bits per heavy atom. The molecule has 0 aromatic rings. The third kappa shape index (κ3) is 62.9. The number of ether oxygens (including phenoxy) is 3. The number of carbonyl (C=O) groups is 2. The molecule has 0 aliphatic rings. The van der Waals surface area contributed by atoms with E-state index >= 15 is 0 Å². The number of allylic oxidation sites excluding steroid dienone is 4. The molecule has 0 saturated heterocycles. The molecule has 0 radical (unpaired) electrons. The molecule has 438 valence electrons. The lowest BCUT2D eigenvalue weighted by atomic mass is 10.0. The molecule has 0 rings (SSSR count). The normalized spacial score (nSPS) is 12.2. The second kappa shape index (κ2) is 65.7. The summed E-state index contributed by atoms with van der Waals surface area (Å²) in [5.41, 5.74) is 0. The van der Waals surface area contributed by atoms with Crippen LogP contribution in [0.3, 0.4) is 0 Å². The van der Waals surface area contributed by atoms with Gasteiger partial charge in [-0.2, -0.15) is 0 Å². The van der Waals surface area contributed by atoms with Crippen molar-refractivity contribution < 1.29 is 23.8 Å². The summed E-state index contributed by atoms with van der Waals surface area (Å²) in [6.45, 7) is 7.91. The number of hydrogen-bond acceptors (Lipinski definition) is 5. The molecule has 5 nitrogen and oxygen atoms in total. The minimum absolute atomic E-state index is 0.0919. The van der Waals surface area contributed by atoms with Crippen molar-refractivity contribution in [2.45, 2.75) is 386 Å². The second-order valence-electron chi connectivity index (χ2n) is 23.1. The Hall–Kier alpha value is -1.62. The maximum Gasteiger partial charge on any atom is 0.306 e. The lowest BCUT2D eigenvalue weighted by molar-refractivity contribution is -0.163. The summed E-state index contributed by atoms with van der Waals surface area (Å²) >= 11 is 0. The molecule has 0 heterocycles. The number of hydrogen-bond donors (Lipinski definition) is 0. The Labute approximate surface area is 464 Å². The number of rotatable bonds is 64. The number of carbonyl (C=O) groups excluding carboxylic acids is 2. The van der Waals surface area contributed by atoms with E-state index in [4.69, 9.17) is 14.2 Å². The summed E-state index contributed by atoms with van der Waals surface area (Å²) in [5, 5.41) is 0. The first kappa shape index (κ1) is 72.4. The van der Waals surface area contributed by atoms with Crippen LogP contribution >= 0.6 is 0 Å². The molecule has 0 saturated carbocycles. The Balaban J connectivity index is 4.22. The Morgan fingerprint density at radius 2 is 0.527 bits per heavy atom. The van der Waals surface area contributed by atoms with Crippen molar-refractivity contribution in [1.82, 2.24) is 0 Å². The zero-order valence-corrected chi connectivity index (χ0v) is 50.6. The topological polar surface area (TPSA) is 61.8 Å². The predicted molar refractivity (Wildman–Crippen MR) is 326 cm³/mol. The fourth-order valence-electron chi connectivity index (χ4n) is 10.4. The van der Waals surface area contributed by atoms with Crippen LogP contribution in [0.15, 0.2) is 24.3 Å². The van der Waals surface area contributed by atoms with E-state index in [1.165, 1.54) is 315 Å². The Bertz CT molecular complexity index is 1130. The molecule has 0 aromatic heterocycles. The molecule has 0 amide bonds. The Kier molecular flexibility index (Phi) is 64.2. The van der Waals surface area contributed by atoms with Gasteiger partial charge in [0.15, 0.2) is 6.10 Å². The van der Waals surface area contributed by atoms with Crippen molar-refractivity contribution in [3.8, 4) is 0 Å². The van der Waals surface area contributed by atoms with Crippen LogP contribution in [0.4, 0.5) is 0 Å². The Morgan fingerprint density at radius 3 is 0.824 bits per heavy atom. The van der Waals surface area contributed by atoms with E-state index in [-0.39, 0.29) is 18.5 Å². The van der Waals surface area contributed by atoms with Gasteiger partial charge >= 0.3 is 11.9 Å². The molecule has 0 bridgehead atoms. The highest BCUT2D eigenvalue weighted by Gasteiger charge is 2.18. The smallest absolute Gasteiger partial charge is 0.306 e. The molecule has 0 aromatic carbocycles. The van der Waals surface area contributed by atoms with Crippen molar-refractivity contribution >= 4 is 11.9 Å². The molecule has 0 fully saturated rings. The first-order chi connectivity index (χ1) is 36.6. The fourth-order valence-corrected chi connectivity index (χ4v) is 10.4. The van der Waals surface area contributed by atoms with Crippen LogP contribution in [0.5, 0.6) is 0 Å². The van der Waals surface area contributed by atoms with E-state index in [2.05, 4.69) is 45.1 Å². The van der Waals surface area contributed by atoms with E-state index in [1.54, 1.807) is 0 Å². The first-order valence-corrected chi connectivity index (χ1v) is 33.9. The van der Waals surface area contributed by atoms with Crippen molar-refractivity contribution in [3.05, 3.63) is 24.3 Å². The van der Waals surface area contributed by atoms with E-state index < -0.39 is 6.10 Å².